The second-order valence-corrected chi connectivity index (χ2v) is 9.81. The van der Waals surface area contributed by atoms with E-state index in [2.05, 4.69) is 11.1 Å². The molecule has 6 heteroatoms. The number of methoxy groups -OCH3 is 1. The van der Waals surface area contributed by atoms with Gasteiger partial charge in [-0.15, -0.1) is 0 Å². The molecule has 1 atom stereocenters. The Bertz CT molecular complexity index is 1340. The highest BCUT2D eigenvalue weighted by Gasteiger charge is 2.39. The van der Waals surface area contributed by atoms with Gasteiger partial charge in [-0.3, -0.25) is 0 Å². The summed E-state index contributed by atoms with van der Waals surface area (Å²) in [4.78, 5) is 3.83. The molecule has 31 heavy (non-hydrogen) atoms. The lowest BCUT2D eigenvalue weighted by molar-refractivity contribution is 0.340. The Morgan fingerprint density at radius 2 is 1.68 bits per heavy atom. The summed E-state index contributed by atoms with van der Waals surface area (Å²) < 4.78 is 34.4. The molecule has 158 valence electrons. The summed E-state index contributed by atoms with van der Waals surface area (Å²) in [5.41, 5.74) is 5.09. The zero-order valence-corrected chi connectivity index (χ0v) is 18.3. The van der Waals surface area contributed by atoms with Gasteiger partial charge in [-0.05, 0) is 54.8 Å². The SMILES string of the molecule is COc1ccc([C@@H]2c3[nH]c4ccccc4c3CCN2S(=O)(=O)c2ccc(C)cc2)cc1. The van der Waals surface area contributed by atoms with Crippen LogP contribution in [-0.2, 0) is 16.4 Å². The zero-order chi connectivity index (χ0) is 21.6. The standard InChI is InChI=1S/C25H24N2O3S/c1-17-7-13-20(14-8-17)31(28,29)27-16-15-22-21-5-3-4-6-23(21)26-24(22)25(27)18-9-11-19(30-2)12-10-18/h3-14,25-26H,15-16H2,1-2H3/t25-/m1/s1. The maximum absolute atomic E-state index is 13.7. The van der Waals surface area contributed by atoms with Crippen molar-refractivity contribution in [1.82, 2.24) is 9.29 Å². The van der Waals surface area contributed by atoms with Crippen molar-refractivity contribution in [1.29, 1.82) is 0 Å². The van der Waals surface area contributed by atoms with Gasteiger partial charge >= 0.3 is 0 Å². The number of sulfonamides is 1. The first-order valence-corrected chi connectivity index (χ1v) is 11.7. The van der Waals surface area contributed by atoms with Crippen molar-refractivity contribution < 1.29 is 13.2 Å². The van der Waals surface area contributed by atoms with Crippen LogP contribution in [0.25, 0.3) is 10.9 Å². The smallest absolute Gasteiger partial charge is 0.244 e. The van der Waals surface area contributed by atoms with Gasteiger partial charge < -0.3 is 9.72 Å². The molecule has 0 amide bonds. The predicted molar refractivity (Wildman–Crippen MR) is 122 cm³/mol. The minimum atomic E-state index is -3.69. The molecular formula is C25H24N2O3S. The molecule has 1 N–H and O–H groups in total. The maximum atomic E-state index is 13.7. The van der Waals surface area contributed by atoms with Crippen LogP contribution in [0.15, 0.2) is 77.7 Å². The zero-order valence-electron chi connectivity index (χ0n) is 17.5. The minimum absolute atomic E-state index is 0.316. The summed E-state index contributed by atoms with van der Waals surface area (Å²) in [6.45, 7) is 2.37. The number of benzene rings is 3. The van der Waals surface area contributed by atoms with Crippen LogP contribution in [0, 0.1) is 6.92 Å². The molecule has 1 aliphatic heterocycles. The summed E-state index contributed by atoms with van der Waals surface area (Å²) >= 11 is 0. The monoisotopic (exact) mass is 432 g/mol. The van der Waals surface area contributed by atoms with Crippen LogP contribution in [0.3, 0.4) is 0 Å². The Morgan fingerprint density at radius 1 is 0.968 bits per heavy atom. The van der Waals surface area contributed by atoms with Crippen molar-refractivity contribution in [2.45, 2.75) is 24.3 Å². The average molecular weight is 433 g/mol. The van der Waals surface area contributed by atoms with Crippen LogP contribution in [0.5, 0.6) is 5.75 Å². The van der Waals surface area contributed by atoms with E-state index in [1.807, 2.05) is 61.5 Å². The first kappa shape index (κ1) is 19.8. The molecule has 5 rings (SSSR count). The number of aromatic nitrogens is 1. The Hall–Kier alpha value is -3.09. The summed E-state index contributed by atoms with van der Waals surface area (Å²) in [5.74, 6) is 0.740. The fraction of sp³-hybridized carbons (Fsp3) is 0.200. The lowest BCUT2D eigenvalue weighted by Crippen LogP contribution is -2.40. The van der Waals surface area contributed by atoms with Gasteiger partial charge in [-0.25, -0.2) is 8.42 Å². The number of ether oxygens (including phenoxy) is 1. The molecule has 1 aromatic heterocycles. The molecule has 1 aliphatic rings. The average Bonchev–Trinajstić information content (AvgIpc) is 3.17. The maximum Gasteiger partial charge on any atom is 0.244 e. The second-order valence-electron chi connectivity index (χ2n) is 7.92. The number of fused-ring (bicyclic) bond motifs is 3. The van der Waals surface area contributed by atoms with Crippen molar-refractivity contribution in [3.05, 3.63) is 95.2 Å². The molecule has 5 nitrogen and oxygen atoms in total. The Morgan fingerprint density at radius 3 is 2.39 bits per heavy atom. The van der Waals surface area contributed by atoms with Crippen molar-refractivity contribution in [2.24, 2.45) is 0 Å². The number of hydrogen-bond donors (Lipinski definition) is 1. The number of rotatable bonds is 4. The predicted octanol–water partition coefficient (Wildman–Crippen LogP) is 4.82. The molecule has 0 unspecified atom stereocenters. The fourth-order valence-electron chi connectivity index (χ4n) is 4.44. The van der Waals surface area contributed by atoms with Gasteiger partial charge in [0.1, 0.15) is 5.75 Å². The van der Waals surface area contributed by atoms with E-state index < -0.39 is 16.1 Å². The summed E-state index contributed by atoms with van der Waals surface area (Å²) in [6, 6.07) is 22.4. The number of H-pyrrole nitrogens is 1. The Kier molecular flexibility index (Phi) is 4.84. The van der Waals surface area contributed by atoms with E-state index in [9.17, 15) is 8.42 Å². The number of nitrogens with one attached hydrogen (secondary N) is 1. The third-order valence-corrected chi connectivity index (χ3v) is 7.93. The van der Waals surface area contributed by atoms with Gasteiger partial charge in [0, 0.05) is 23.1 Å². The van der Waals surface area contributed by atoms with Gasteiger partial charge in [-0.1, -0.05) is 48.0 Å². The third-order valence-electron chi connectivity index (χ3n) is 6.05. The molecule has 0 radical (unpaired) electrons. The van der Waals surface area contributed by atoms with Crippen LogP contribution in [-0.4, -0.2) is 31.4 Å². The lowest BCUT2D eigenvalue weighted by Gasteiger charge is -2.35. The summed E-state index contributed by atoms with van der Waals surface area (Å²) in [5, 5.41) is 1.16. The van der Waals surface area contributed by atoms with Crippen LogP contribution in [0.4, 0.5) is 0 Å². The van der Waals surface area contributed by atoms with Crippen LogP contribution < -0.4 is 4.74 Å². The highest BCUT2D eigenvalue weighted by Crippen LogP contribution is 2.41. The molecule has 0 aliphatic carbocycles. The van der Waals surface area contributed by atoms with Crippen molar-refractivity contribution in [3.63, 3.8) is 0 Å². The highest BCUT2D eigenvalue weighted by atomic mass is 32.2. The van der Waals surface area contributed by atoms with E-state index in [-0.39, 0.29) is 0 Å². The number of para-hydroxylation sites is 1. The largest absolute Gasteiger partial charge is 0.497 e. The molecule has 2 heterocycles. The van der Waals surface area contributed by atoms with E-state index >= 15 is 0 Å². The van der Waals surface area contributed by atoms with Gasteiger partial charge in [0.15, 0.2) is 0 Å². The third kappa shape index (κ3) is 3.32. The lowest BCUT2D eigenvalue weighted by atomic mass is 9.94. The number of nitrogens with zero attached hydrogens (tertiary/aromatic N) is 1. The highest BCUT2D eigenvalue weighted by molar-refractivity contribution is 7.89. The van der Waals surface area contributed by atoms with Crippen molar-refractivity contribution >= 4 is 20.9 Å². The first-order chi connectivity index (χ1) is 15.0. The van der Waals surface area contributed by atoms with Gasteiger partial charge in [0.2, 0.25) is 10.0 Å². The Labute approximate surface area is 182 Å². The molecule has 0 bridgehead atoms. The molecule has 4 aromatic rings. The number of aromatic amines is 1. The van der Waals surface area contributed by atoms with Crippen LogP contribution in [0.1, 0.15) is 28.4 Å². The summed E-state index contributed by atoms with van der Waals surface area (Å²) in [7, 11) is -2.07. The van der Waals surface area contributed by atoms with Crippen LogP contribution in [0.2, 0.25) is 0 Å². The van der Waals surface area contributed by atoms with E-state index in [4.69, 9.17) is 4.74 Å². The van der Waals surface area contributed by atoms with Gasteiger partial charge in [0.05, 0.1) is 18.0 Å². The number of aryl methyl sites for hydroxylation is 1. The van der Waals surface area contributed by atoms with E-state index in [0.717, 1.165) is 33.5 Å². The molecule has 0 saturated heterocycles. The fourth-order valence-corrected chi connectivity index (χ4v) is 6.03. The van der Waals surface area contributed by atoms with Gasteiger partial charge in [-0.2, -0.15) is 4.31 Å². The Balaban J connectivity index is 1.69. The van der Waals surface area contributed by atoms with Crippen LogP contribution >= 0.6 is 0 Å². The first-order valence-electron chi connectivity index (χ1n) is 10.3. The van der Waals surface area contributed by atoms with E-state index in [1.54, 1.807) is 23.5 Å². The molecule has 0 spiro atoms. The van der Waals surface area contributed by atoms with Gasteiger partial charge in [0.25, 0.3) is 0 Å². The minimum Gasteiger partial charge on any atom is -0.497 e. The molecule has 0 fully saturated rings. The van der Waals surface area contributed by atoms with E-state index in [0.29, 0.717) is 17.9 Å². The topological polar surface area (TPSA) is 62.4 Å². The van der Waals surface area contributed by atoms with Crippen molar-refractivity contribution in [2.75, 3.05) is 13.7 Å². The quantitative estimate of drug-likeness (QED) is 0.503. The molecule has 3 aromatic carbocycles. The molecule has 0 saturated carbocycles. The second kappa shape index (κ2) is 7.55. The van der Waals surface area contributed by atoms with Crippen molar-refractivity contribution in [3.8, 4) is 5.75 Å². The summed E-state index contributed by atoms with van der Waals surface area (Å²) in [6.07, 6.45) is 0.664. The number of hydrogen-bond acceptors (Lipinski definition) is 3. The molecular weight excluding hydrogens is 408 g/mol. The normalized spacial score (nSPS) is 16.9. The van der Waals surface area contributed by atoms with E-state index in [1.165, 1.54) is 5.56 Å².